The molecule has 8 nitrogen and oxygen atoms in total. The SMILES string of the molecule is C[C@H](/C=C/C(=O)NO)[C@H](OC(=O)Nc1cccc2ccccc12)c1ccccc1OCCO. The summed E-state index contributed by atoms with van der Waals surface area (Å²) in [5, 5.41) is 22.5. The highest BCUT2D eigenvalue weighted by atomic mass is 16.6. The van der Waals surface area contributed by atoms with Crippen LogP contribution in [0.3, 0.4) is 0 Å². The van der Waals surface area contributed by atoms with Crippen molar-refractivity contribution in [3.05, 3.63) is 84.4 Å². The number of carbonyl (C=O) groups is 2. The third-order valence-corrected chi connectivity index (χ3v) is 4.97. The molecule has 3 rings (SSSR count). The number of nitrogens with one attached hydrogen (secondary N) is 2. The van der Waals surface area contributed by atoms with Crippen LogP contribution < -0.4 is 15.5 Å². The quantitative estimate of drug-likeness (QED) is 0.221. The summed E-state index contributed by atoms with van der Waals surface area (Å²) < 4.78 is 11.4. The zero-order valence-corrected chi connectivity index (χ0v) is 18.1. The second kappa shape index (κ2) is 11.7. The second-order valence-electron chi connectivity index (χ2n) is 7.28. The van der Waals surface area contributed by atoms with Crippen LogP contribution in [-0.4, -0.2) is 35.5 Å². The van der Waals surface area contributed by atoms with Gasteiger partial charge in [-0.1, -0.05) is 67.6 Å². The van der Waals surface area contributed by atoms with E-state index in [0.29, 0.717) is 17.0 Å². The number of benzene rings is 3. The molecule has 3 aromatic carbocycles. The third kappa shape index (κ3) is 6.31. The molecule has 2 amide bonds. The Bertz CT molecular complexity index is 1130. The molecule has 0 bridgehead atoms. The maximum Gasteiger partial charge on any atom is 0.412 e. The molecule has 0 saturated heterocycles. The van der Waals surface area contributed by atoms with Gasteiger partial charge < -0.3 is 14.6 Å². The van der Waals surface area contributed by atoms with Crippen molar-refractivity contribution in [1.82, 2.24) is 5.48 Å². The fourth-order valence-electron chi connectivity index (χ4n) is 3.42. The van der Waals surface area contributed by atoms with Gasteiger partial charge in [0.25, 0.3) is 5.91 Å². The summed E-state index contributed by atoms with van der Waals surface area (Å²) in [5.41, 5.74) is 2.70. The molecule has 0 heterocycles. The Hall–Kier alpha value is -3.88. The molecule has 3 aromatic rings. The lowest BCUT2D eigenvalue weighted by Crippen LogP contribution is -2.22. The van der Waals surface area contributed by atoms with Crippen LogP contribution in [0.5, 0.6) is 5.75 Å². The largest absolute Gasteiger partial charge is 0.491 e. The van der Waals surface area contributed by atoms with Crippen LogP contribution >= 0.6 is 0 Å². The number of amides is 2. The summed E-state index contributed by atoms with van der Waals surface area (Å²) in [4.78, 5) is 24.4. The number of para-hydroxylation sites is 1. The van der Waals surface area contributed by atoms with E-state index in [1.54, 1.807) is 37.3 Å². The number of hydroxylamine groups is 1. The normalized spacial score (nSPS) is 12.8. The highest BCUT2D eigenvalue weighted by Gasteiger charge is 2.26. The number of hydrogen-bond acceptors (Lipinski definition) is 6. The van der Waals surface area contributed by atoms with Crippen LogP contribution in [0.25, 0.3) is 10.8 Å². The molecular weight excluding hydrogens is 424 g/mol. The van der Waals surface area contributed by atoms with Gasteiger partial charge >= 0.3 is 6.09 Å². The molecule has 33 heavy (non-hydrogen) atoms. The molecular formula is C25H26N2O6. The first-order valence-corrected chi connectivity index (χ1v) is 10.4. The van der Waals surface area contributed by atoms with Crippen LogP contribution in [0.1, 0.15) is 18.6 Å². The van der Waals surface area contributed by atoms with Crippen molar-refractivity contribution in [1.29, 1.82) is 0 Å². The fourth-order valence-corrected chi connectivity index (χ4v) is 3.42. The monoisotopic (exact) mass is 450 g/mol. The number of hydrogen-bond donors (Lipinski definition) is 4. The van der Waals surface area contributed by atoms with Crippen LogP contribution in [0.15, 0.2) is 78.9 Å². The van der Waals surface area contributed by atoms with Gasteiger partial charge in [-0.05, 0) is 17.5 Å². The first-order valence-electron chi connectivity index (χ1n) is 10.4. The second-order valence-corrected chi connectivity index (χ2v) is 7.28. The molecule has 0 aromatic heterocycles. The average Bonchev–Trinajstić information content (AvgIpc) is 2.84. The first kappa shape index (κ1) is 23.8. The van der Waals surface area contributed by atoms with E-state index in [1.165, 1.54) is 11.6 Å². The van der Waals surface area contributed by atoms with Gasteiger partial charge in [-0.3, -0.25) is 15.3 Å². The van der Waals surface area contributed by atoms with Gasteiger partial charge in [-0.2, -0.15) is 0 Å². The minimum Gasteiger partial charge on any atom is -0.491 e. The maximum absolute atomic E-state index is 12.9. The standard InChI is InChI=1S/C25H26N2O6/c1-17(13-14-23(29)27-31)24(20-10-4-5-12-22(20)32-16-15-28)33-25(30)26-21-11-6-8-18-7-2-3-9-19(18)21/h2-14,17,24,28,31H,15-16H2,1H3,(H,26,30)(H,27,29)/b14-13+/t17-,24+/m1/s1. The van der Waals surface area contributed by atoms with Gasteiger partial charge in [0, 0.05) is 22.9 Å². The topological polar surface area (TPSA) is 117 Å². The van der Waals surface area contributed by atoms with E-state index >= 15 is 0 Å². The van der Waals surface area contributed by atoms with Crippen molar-refractivity contribution in [2.45, 2.75) is 13.0 Å². The Morgan fingerprint density at radius 2 is 1.76 bits per heavy atom. The highest BCUT2D eigenvalue weighted by molar-refractivity contribution is 6.00. The van der Waals surface area contributed by atoms with Crippen molar-refractivity contribution in [2.24, 2.45) is 5.92 Å². The smallest absolute Gasteiger partial charge is 0.412 e. The lowest BCUT2D eigenvalue weighted by atomic mass is 9.96. The zero-order valence-electron chi connectivity index (χ0n) is 18.1. The number of carbonyl (C=O) groups excluding carboxylic acids is 2. The Balaban J connectivity index is 1.88. The molecule has 172 valence electrons. The molecule has 0 saturated carbocycles. The average molecular weight is 450 g/mol. The summed E-state index contributed by atoms with van der Waals surface area (Å²) in [6.07, 6.45) is 1.17. The van der Waals surface area contributed by atoms with Gasteiger partial charge in [-0.15, -0.1) is 0 Å². The van der Waals surface area contributed by atoms with E-state index in [9.17, 15) is 9.59 Å². The summed E-state index contributed by atoms with van der Waals surface area (Å²) in [5.74, 6) is -0.716. The van der Waals surface area contributed by atoms with E-state index in [4.69, 9.17) is 19.8 Å². The van der Waals surface area contributed by atoms with Gasteiger partial charge in [-0.25, -0.2) is 10.3 Å². The molecule has 0 aliphatic carbocycles. The number of ether oxygens (including phenoxy) is 2. The van der Waals surface area contributed by atoms with Crippen molar-refractivity contribution < 1.29 is 29.4 Å². The van der Waals surface area contributed by atoms with E-state index in [0.717, 1.165) is 16.8 Å². The minimum absolute atomic E-state index is 0.0725. The number of aliphatic hydroxyl groups excluding tert-OH is 1. The molecule has 8 heteroatoms. The van der Waals surface area contributed by atoms with Gasteiger partial charge in [0.05, 0.1) is 12.3 Å². The van der Waals surface area contributed by atoms with Gasteiger partial charge in [0.15, 0.2) is 0 Å². The van der Waals surface area contributed by atoms with Crippen LogP contribution in [0, 0.1) is 5.92 Å². The number of rotatable bonds is 9. The summed E-state index contributed by atoms with van der Waals surface area (Å²) in [6, 6.07) is 20.2. The van der Waals surface area contributed by atoms with Crippen molar-refractivity contribution in [3.8, 4) is 5.75 Å². The first-order chi connectivity index (χ1) is 16.0. The Labute approximate surface area is 191 Å². The van der Waals surface area contributed by atoms with Crippen molar-refractivity contribution in [2.75, 3.05) is 18.5 Å². The highest BCUT2D eigenvalue weighted by Crippen LogP contribution is 2.34. The molecule has 0 fully saturated rings. The van der Waals surface area contributed by atoms with Crippen LogP contribution in [0.2, 0.25) is 0 Å². The number of anilines is 1. The predicted octanol–water partition coefficient (Wildman–Crippen LogP) is 4.20. The number of aliphatic hydroxyl groups is 1. The Kier molecular flexibility index (Phi) is 8.40. The fraction of sp³-hybridized carbons (Fsp3) is 0.200. The molecule has 0 aliphatic rings. The van der Waals surface area contributed by atoms with Crippen molar-refractivity contribution >= 4 is 28.5 Å². The van der Waals surface area contributed by atoms with Crippen molar-refractivity contribution in [3.63, 3.8) is 0 Å². The summed E-state index contributed by atoms with van der Waals surface area (Å²) >= 11 is 0. The van der Waals surface area contributed by atoms with Crippen LogP contribution in [-0.2, 0) is 9.53 Å². The molecule has 0 unspecified atom stereocenters. The van der Waals surface area contributed by atoms with Gasteiger partial charge in [0.2, 0.25) is 0 Å². The molecule has 0 radical (unpaired) electrons. The van der Waals surface area contributed by atoms with E-state index in [2.05, 4.69) is 5.32 Å². The Morgan fingerprint density at radius 1 is 1.03 bits per heavy atom. The minimum atomic E-state index is -0.822. The number of fused-ring (bicyclic) bond motifs is 1. The zero-order chi connectivity index (χ0) is 23.6. The Morgan fingerprint density at radius 3 is 2.55 bits per heavy atom. The lowest BCUT2D eigenvalue weighted by Gasteiger charge is -2.25. The predicted molar refractivity (Wildman–Crippen MR) is 124 cm³/mol. The molecule has 4 N–H and O–H groups in total. The summed E-state index contributed by atoms with van der Waals surface area (Å²) in [7, 11) is 0. The molecule has 2 atom stereocenters. The maximum atomic E-state index is 12.9. The summed E-state index contributed by atoms with van der Waals surface area (Å²) in [6.45, 7) is 1.66. The third-order valence-electron chi connectivity index (χ3n) is 4.97. The lowest BCUT2D eigenvalue weighted by molar-refractivity contribution is -0.124. The molecule has 0 spiro atoms. The van der Waals surface area contributed by atoms with Crippen LogP contribution in [0.4, 0.5) is 10.5 Å². The van der Waals surface area contributed by atoms with Gasteiger partial charge in [0.1, 0.15) is 18.5 Å². The van der Waals surface area contributed by atoms with E-state index in [-0.39, 0.29) is 13.2 Å². The van der Waals surface area contributed by atoms with E-state index < -0.39 is 24.0 Å². The van der Waals surface area contributed by atoms with E-state index in [1.807, 2.05) is 36.4 Å². The molecule has 0 aliphatic heterocycles.